The number of pyridine rings is 1. The number of nitrogens with one attached hydrogen (secondary N) is 1. The zero-order valence-electron chi connectivity index (χ0n) is 15.6. The van der Waals surface area contributed by atoms with Crippen molar-refractivity contribution in [3.8, 4) is 0 Å². The lowest BCUT2D eigenvalue weighted by molar-refractivity contribution is -0.116. The van der Waals surface area contributed by atoms with E-state index in [2.05, 4.69) is 10.3 Å². The number of hydrogen-bond acceptors (Lipinski definition) is 3. The highest BCUT2D eigenvalue weighted by atomic mass is 16.2. The molecule has 1 aliphatic heterocycles. The van der Waals surface area contributed by atoms with Gasteiger partial charge in [0.25, 0.3) is 5.91 Å². The largest absolute Gasteiger partial charge is 0.352 e. The first kappa shape index (κ1) is 18.8. The van der Waals surface area contributed by atoms with Crippen LogP contribution < -0.4 is 5.32 Å². The van der Waals surface area contributed by atoms with Crippen LogP contribution in [-0.4, -0.2) is 41.3 Å². The lowest BCUT2D eigenvalue weighted by Crippen LogP contribution is -2.41. The Morgan fingerprint density at radius 2 is 2.04 bits per heavy atom. The molecule has 0 aliphatic carbocycles. The number of carbonyl (C=O) groups excluding carboxylic acids is 2. The molecule has 5 heteroatoms. The minimum Gasteiger partial charge on any atom is -0.352 e. The summed E-state index contributed by atoms with van der Waals surface area (Å²) in [7, 11) is 0. The molecule has 1 aromatic carbocycles. The lowest BCUT2D eigenvalue weighted by Gasteiger charge is -2.32. The predicted molar refractivity (Wildman–Crippen MR) is 106 cm³/mol. The molecular formula is C22H25N3O2. The highest BCUT2D eigenvalue weighted by Crippen LogP contribution is 2.18. The zero-order valence-corrected chi connectivity index (χ0v) is 15.6. The fraction of sp³-hybridized carbons (Fsp3) is 0.318. The number of aromatic nitrogens is 1. The molecule has 2 heterocycles. The second-order valence-corrected chi connectivity index (χ2v) is 6.97. The minimum atomic E-state index is -0.0784. The topological polar surface area (TPSA) is 62.3 Å². The summed E-state index contributed by atoms with van der Waals surface area (Å²) >= 11 is 0. The molecule has 1 aromatic heterocycles. The van der Waals surface area contributed by atoms with Crippen LogP contribution in [0, 0.1) is 12.8 Å². The average Bonchev–Trinajstić information content (AvgIpc) is 2.71. The van der Waals surface area contributed by atoms with Crippen LogP contribution >= 0.6 is 0 Å². The van der Waals surface area contributed by atoms with E-state index in [-0.39, 0.29) is 11.8 Å². The smallest absolute Gasteiger partial charge is 0.255 e. The van der Waals surface area contributed by atoms with Crippen LogP contribution in [0.2, 0.25) is 0 Å². The van der Waals surface area contributed by atoms with Gasteiger partial charge in [0.1, 0.15) is 0 Å². The summed E-state index contributed by atoms with van der Waals surface area (Å²) in [6.45, 7) is 4.11. The summed E-state index contributed by atoms with van der Waals surface area (Å²) in [5.74, 6) is 0.358. The summed E-state index contributed by atoms with van der Waals surface area (Å²) in [5, 5.41) is 2.97. The third kappa shape index (κ3) is 5.51. The van der Waals surface area contributed by atoms with E-state index in [1.54, 1.807) is 30.6 Å². The maximum absolute atomic E-state index is 12.4. The third-order valence-corrected chi connectivity index (χ3v) is 4.84. The predicted octanol–water partition coefficient (Wildman–Crippen LogP) is 3.07. The fourth-order valence-corrected chi connectivity index (χ4v) is 3.26. The molecule has 0 unspecified atom stereocenters. The first-order chi connectivity index (χ1) is 13.1. The minimum absolute atomic E-state index is 0.0340. The van der Waals surface area contributed by atoms with Crippen molar-refractivity contribution in [1.82, 2.24) is 15.2 Å². The highest BCUT2D eigenvalue weighted by Gasteiger charge is 2.23. The average molecular weight is 363 g/mol. The van der Waals surface area contributed by atoms with Gasteiger partial charge in [-0.25, -0.2) is 0 Å². The quantitative estimate of drug-likeness (QED) is 0.831. The van der Waals surface area contributed by atoms with Crippen molar-refractivity contribution in [1.29, 1.82) is 0 Å². The number of piperidine rings is 1. The monoisotopic (exact) mass is 363 g/mol. The number of likely N-dealkylation sites (tertiary alicyclic amines) is 1. The van der Waals surface area contributed by atoms with E-state index in [9.17, 15) is 9.59 Å². The van der Waals surface area contributed by atoms with Crippen LogP contribution in [0.3, 0.4) is 0 Å². The standard InChI is InChI=1S/C22H25N3O2/c1-17-4-2-5-18(14-17)7-8-21(26)24-15-19-9-12-25(13-10-19)22(27)20-6-3-11-23-16-20/h2-8,11,14,16,19H,9-10,12-13,15H2,1H3,(H,24,26)/b8-7+. The number of carbonyl (C=O) groups is 2. The summed E-state index contributed by atoms with van der Waals surface area (Å²) in [4.78, 5) is 30.3. The van der Waals surface area contributed by atoms with Crippen LogP contribution in [-0.2, 0) is 4.79 Å². The summed E-state index contributed by atoms with van der Waals surface area (Å²) in [5.41, 5.74) is 2.82. The van der Waals surface area contributed by atoms with Crippen molar-refractivity contribution in [2.75, 3.05) is 19.6 Å². The van der Waals surface area contributed by atoms with Crippen molar-refractivity contribution in [2.24, 2.45) is 5.92 Å². The van der Waals surface area contributed by atoms with Crippen molar-refractivity contribution in [3.05, 3.63) is 71.6 Å². The molecule has 1 fully saturated rings. The van der Waals surface area contributed by atoms with E-state index < -0.39 is 0 Å². The Bertz CT molecular complexity index is 809. The van der Waals surface area contributed by atoms with Crippen LogP contribution in [0.1, 0.15) is 34.3 Å². The first-order valence-corrected chi connectivity index (χ1v) is 9.34. The van der Waals surface area contributed by atoms with Gasteiger partial charge in [0, 0.05) is 38.1 Å². The Kier molecular flexibility index (Phi) is 6.36. The normalized spacial score (nSPS) is 15.1. The van der Waals surface area contributed by atoms with Crippen LogP contribution in [0.25, 0.3) is 6.08 Å². The van der Waals surface area contributed by atoms with Gasteiger partial charge >= 0.3 is 0 Å². The lowest BCUT2D eigenvalue weighted by atomic mass is 9.96. The molecule has 0 saturated carbocycles. The Hall–Kier alpha value is -2.95. The Morgan fingerprint density at radius 1 is 1.22 bits per heavy atom. The van der Waals surface area contributed by atoms with Gasteiger partial charge in [-0.05, 0) is 49.5 Å². The summed E-state index contributed by atoms with van der Waals surface area (Å²) in [6, 6.07) is 11.6. The highest BCUT2D eigenvalue weighted by molar-refractivity contribution is 5.94. The SMILES string of the molecule is Cc1cccc(/C=C/C(=O)NCC2CCN(C(=O)c3cccnc3)CC2)c1. The molecule has 1 N–H and O–H groups in total. The maximum Gasteiger partial charge on any atom is 0.255 e. The van der Waals surface area contributed by atoms with Gasteiger partial charge in [-0.1, -0.05) is 29.8 Å². The summed E-state index contributed by atoms with van der Waals surface area (Å²) < 4.78 is 0. The number of aryl methyl sites for hydroxylation is 1. The van der Waals surface area contributed by atoms with Crippen molar-refractivity contribution >= 4 is 17.9 Å². The maximum atomic E-state index is 12.4. The molecule has 2 amide bonds. The molecule has 1 saturated heterocycles. The molecule has 2 aromatic rings. The van der Waals surface area contributed by atoms with E-state index in [0.717, 1.165) is 18.4 Å². The van der Waals surface area contributed by atoms with Gasteiger partial charge in [0.05, 0.1) is 5.56 Å². The van der Waals surface area contributed by atoms with Crippen molar-refractivity contribution < 1.29 is 9.59 Å². The number of rotatable bonds is 5. The fourth-order valence-electron chi connectivity index (χ4n) is 3.26. The molecule has 0 bridgehead atoms. The zero-order chi connectivity index (χ0) is 19.1. The van der Waals surface area contributed by atoms with Gasteiger partial charge in [-0.2, -0.15) is 0 Å². The van der Waals surface area contributed by atoms with Crippen LogP contribution in [0.5, 0.6) is 0 Å². The molecule has 5 nitrogen and oxygen atoms in total. The van der Waals surface area contributed by atoms with Gasteiger partial charge in [0.2, 0.25) is 5.91 Å². The molecule has 0 spiro atoms. The number of hydrogen-bond donors (Lipinski definition) is 1. The van der Waals surface area contributed by atoms with Gasteiger partial charge in [0.15, 0.2) is 0 Å². The van der Waals surface area contributed by atoms with Crippen LogP contribution in [0.15, 0.2) is 54.9 Å². The number of amides is 2. The van der Waals surface area contributed by atoms with Crippen molar-refractivity contribution in [3.63, 3.8) is 0 Å². The Morgan fingerprint density at radius 3 is 2.74 bits per heavy atom. The number of nitrogens with zero attached hydrogens (tertiary/aromatic N) is 2. The number of benzene rings is 1. The molecule has 27 heavy (non-hydrogen) atoms. The molecular weight excluding hydrogens is 338 g/mol. The van der Waals surface area contributed by atoms with E-state index in [0.29, 0.717) is 31.1 Å². The van der Waals surface area contributed by atoms with Gasteiger partial charge in [-0.15, -0.1) is 0 Å². The third-order valence-electron chi connectivity index (χ3n) is 4.84. The Labute approximate surface area is 160 Å². The first-order valence-electron chi connectivity index (χ1n) is 9.34. The second-order valence-electron chi connectivity index (χ2n) is 6.97. The van der Waals surface area contributed by atoms with Gasteiger partial charge in [-0.3, -0.25) is 14.6 Å². The summed E-state index contributed by atoms with van der Waals surface area (Å²) in [6.07, 6.45) is 8.48. The van der Waals surface area contributed by atoms with Crippen LogP contribution in [0.4, 0.5) is 0 Å². The molecule has 0 radical (unpaired) electrons. The Balaban J connectivity index is 1.41. The second kappa shape index (κ2) is 9.12. The van der Waals surface area contributed by atoms with E-state index in [4.69, 9.17) is 0 Å². The molecule has 1 aliphatic rings. The van der Waals surface area contributed by atoms with E-state index in [1.807, 2.05) is 42.2 Å². The molecule has 140 valence electrons. The molecule has 3 rings (SSSR count). The van der Waals surface area contributed by atoms with E-state index >= 15 is 0 Å². The van der Waals surface area contributed by atoms with Crippen molar-refractivity contribution in [2.45, 2.75) is 19.8 Å². The molecule has 0 atom stereocenters. The van der Waals surface area contributed by atoms with Gasteiger partial charge < -0.3 is 10.2 Å². The van der Waals surface area contributed by atoms with E-state index in [1.165, 1.54) is 5.56 Å².